The number of nitrogens with zero attached hydrogens (tertiary/aromatic N) is 6. The fourth-order valence-corrected chi connectivity index (χ4v) is 4.92. The van der Waals surface area contributed by atoms with Crippen molar-refractivity contribution in [1.29, 1.82) is 0 Å². The largest absolute Gasteiger partial charge is 0.467 e. The van der Waals surface area contributed by atoms with Crippen molar-refractivity contribution in [3.63, 3.8) is 0 Å². The van der Waals surface area contributed by atoms with E-state index in [1.165, 1.54) is 22.3 Å². The summed E-state index contributed by atoms with van der Waals surface area (Å²) in [5, 5.41) is 20.7. The number of hydrazone groups is 1. The molecule has 162 valence electrons. The minimum absolute atomic E-state index is 0.121. The van der Waals surface area contributed by atoms with Crippen LogP contribution in [0, 0.1) is 6.92 Å². The Kier molecular flexibility index (Phi) is 5.87. The first-order chi connectivity index (χ1) is 15.7. The highest BCUT2D eigenvalue weighted by atomic mass is 32.2. The number of rotatable bonds is 7. The van der Waals surface area contributed by atoms with Gasteiger partial charge in [0.25, 0.3) is 5.91 Å². The number of amides is 1. The molecule has 5 rings (SSSR count). The number of carbonyl (C=O) groups is 1. The Morgan fingerprint density at radius 1 is 1.22 bits per heavy atom. The molecule has 4 aromatic rings. The predicted molar refractivity (Wildman–Crippen MR) is 123 cm³/mol. The van der Waals surface area contributed by atoms with Crippen LogP contribution in [0.2, 0.25) is 0 Å². The first-order valence-electron chi connectivity index (χ1n) is 10.1. The van der Waals surface area contributed by atoms with E-state index in [4.69, 9.17) is 4.42 Å². The fourth-order valence-electron chi connectivity index (χ4n) is 3.50. The van der Waals surface area contributed by atoms with Crippen LogP contribution in [0.25, 0.3) is 0 Å². The number of thiophene rings is 1. The van der Waals surface area contributed by atoms with Gasteiger partial charge in [-0.05, 0) is 46.5 Å². The summed E-state index contributed by atoms with van der Waals surface area (Å²) in [6, 6.07) is 15.6. The van der Waals surface area contributed by atoms with Crippen LogP contribution >= 0.6 is 23.1 Å². The molecule has 0 bridgehead atoms. The molecule has 1 aliphatic rings. The maximum absolute atomic E-state index is 13.2. The molecular formula is C22H20N6O2S2. The zero-order valence-corrected chi connectivity index (χ0v) is 18.9. The van der Waals surface area contributed by atoms with Crippen LogP contribution < -0.4 is 0 Å². The molecule has 0 fully saturated rings. The summed E-state index contributed by atoms with van der Waals surface area (Å²) in [6.45, 7) is 2.63. The summed E-state index contributed by atoms with van der Waals surface area (Å²) in [5.41, 5.74) is 3.06. The number of aromatic nitrogens is 4. The van der Waals surface area contributed by atoms with Gasteiger partial charge in [0.15, 0.2) is 0 Å². The SMILES string of the molecule is Cc1ccc(C2=NN(C(=O)CSc3nnnn3Cc3cccs3)[C@H](c3ccco3)C2)cc1. The molecule has 32 heavy (non-hydrogen) atoms. The van der Waals surface area contributed by atoms with E-state index in [-0.39, 0.29) is 17.7 Å². The zero-order chi connectivity index (χ0) is 21.9. The Hall–Kier alpha value is -3.24. The van der Waals surface area contributed by atoms with Gasteiger partial charge in [0.05, 0.1) is 24.3 Å². The summed E-state index contributed by atoms with van der Waals surface area (Å²) in [5.74, 6) is 0.771. The van der Waals surface area contributed by atoms with E-state index < -0.39 is 0 Å². The van der Waals surface area contributed by atoms with Crippen LogP contribution in [-0.2, 0) is 11.3 Å². The van der Waals surface area contributed by atoms with E-state index >= 15 is 0 Å². The van der Waals surface area contributed by atoms with E-state index in [1.807, 2.05) is 60.8 Å². The predicted octanol–water partition coefficient (Wildman–Crippen LogP) is 4.15. The lowest BCUT2D eigenvalue weighted by molar-refractivity contribution is -0.130. The monoisotopic (exact) mass is 464 g/mol. The second-order valence-corrected chi connectivity index (χ2v) is 9.35. The van der Waals surface area contributed by atoms with E-state index in [0.717, 1.165) is 21.9 Å². The highest BCUT2D eigenvalue weighted by Gasteiger charge is 2.35. The van der Waals surface area contributed by atoms with E-state index in [9.17, 15) is 4.79 Å². The number of furan rings is 1. The highest BCUT2D eigenvalue weighted by Crippen LogP contribution is 2.34. The quantitative estimate of drug-likeness (QED) is 0.382. The fraction of sp³-hybridized carbons (Fsp3) is 0.227. The third-order valence-electron chi connectivity index (χ3n) is 5.13. The minimum Gasteiger partial charge on any atom is -0.467 e. The lowest BCUT2D eigenvalue weighted by Crippen LogP contribution is -2.28. The third kappa shape index (κ3) is 4.37. The van der Waals surface area contributed by atoms with E-state index in [0.29, 0.717) is 18.1 Å². The maximum Gasteiger partial charge on any atom is 0.253 e. The van der Waals surface area contributed by atoms with Crippen LogP contribution in [-0.4, -0.2) is 42.6 Å². The number of aryl methyl sites for hydroxylation is 1. The number of hydrogen-bond donors (Lipinski definition) is 0. The number of tetrazole rings is 1. The molecule has 0 N–H and O–H groups in total. The molecule has 0 saturated carbocycles. The Balaban J connectivity index is 1.33. The molecule has 0 unspecified atom stereocenters. The molecule has 8 nitrogen and oxygen atoms in total. The first kappa shape index (κ1) is 20.7. The van der Waals surface area contributed by atoms with Gasteiger partial charge in [-0.2, -0.15) is 5.10 Å². The minimum atomic E-state index is -0.267. The second-order valence-electron chi connectivity index (χ2n) is 7.37. The van der Waals surface area contributed by atoms with Crippen LogP contribution in [0.1, 0.15) is 34.2 Å². The van der Waals surface area contributed by atoms with Gasteiger partial charge in [-0.25, -0.2) is 9.69 Å². The maximum atomic E-state index is 13.2. The van der Waals surface area contributed by atoms with Crippen molar-refractivity contribution in [2.75, 3.05) is 5.75 Å². The van der Waals surface area contributed by atoms with E-state index in [1.54, 1.807) is 22.3 Å². The Labute approximate surface area is 192 Å². The average Bonchev–Trinajstić information content (AvgIpc) is 3.60. The zero-order valence-electron chi connectivity index (χ0n) is 17.3. The van der Waals surface area contributed by atoms with Gasteiger partial charge < -0.3 is 4.42 Å². The summed E-state index contributed by atoms with van der Waals surface area (Å²) in [4.78, 5) is 14.3. The van der Waals surface area contributed by atoms with Crippen LogP contribution in [0.5, 0.6) is 0 Å². The smallest absolute Gasteiger partial charge is 0.253 e. The van der Waals surface area contributed by atoms with Crippen molar-refractivity contribution in [2.45, 2.75) is 31.1 Å². The molecule has 1 aromatic carbocycles. The van der Waals surface area contributed by atoms with Crippen molar-refractivity contribution in [1.82, 2.24) is 25.2 Å². The number of carbonyl (C=O) groups excluding carboxylic acids is 1. The van der Waals surface area contributed by atoms with Gasteiger partial charge >= 0.3 is 0 Å². The normalized spacial score (nSPS) is 15.8. The van der Waals surface area contributed by atoms with Crippen molar-refractivity contribution < 1.29 is 9.21 Å². The lowest BCUT2D eigenvalue weighted by atomic mass is 10.0. The van der Waals surface area contributed by atoms with Gasteiger partial charge in [-0.15, -0.1) is 16.4 Å². The second kappa shape index (κ2) is 9.09. The molecule has 3 aromatic heterocycles. The highest BCUT2D eigenvalue weighted by molar-refractivity contribution is 7.99. The summed E-state index contributed by atoms with van der Waals surface area (Å²) < 4.78 is 7.33. The topological polar surface area (TPSA) is 89.4 Å². The van der Waals surface area contributed by atoms with Crippen molar-refractivity contribution in [3.05, 3.63) is 81.9 Å². The molecule has 1 aliphatic heterocycles. The summed E-state index contributed by atoms with van der Waals surface area (Å²) in [6.07, 6.45) is 2.22. The van der Waals surface area contributed by atoms with Gasteiger partial charge in [-0.1, -0.05) is 47.7 Å². The van der Waals surface area contributed by atoms with Crippen molar-refractivity contribution >= 4 is 34.7 Å². The molecule has 0 saturated heterocycles. The standard InChI is InChI=1S/C22H20N6O2S2/c1-15-6-8-16(9-7-15)18-12-19(20-5-2-10-30-20)28(24-18)21(29)14-32-22-23-25-26-27(22)13-17-4-3-11-31-17/h2-11,19H,12-14H2,1H3/t19-/m0/s1. The first-order valence-corrected chi connectivity index (χ1v) is 12.0. The molecule has 1 atom stereocenters. The van der Waals surface area contributed by atoms with Crippen LogP contribution in [0.3, 0.4) is 0 Å². The Morgan fingerprint density at radius 2 is 2.09 bits per heavy atom. The molecule has 1 amide bonds. The average molecular weight is 465 g/mol. The lowest BCUT2D eigenvalue weighted by Gasteiger charge is -2.19. The Bertz CT molecular complexity index is 1220. The van der Waals surface area contributed by atoms with Crippen LogP contribution in [0.15, 0.2) is 74.8 Å². The Morgan fingerprint density at radius 3 is 2.84 bits per heavy atom. The molecule has 4 heterocycles. The molecule has 0 spiro atoms. The van der Waals surface area contributed by atoms with Gasteiger partial charge in [0, 0.05) is 11.3 Å². The molecule has 0 aliphatic carbocycles. The van der Waals surface area contributed by atoms with Crippen molar-refractivity contribution in [2.24, 2.45) is 5.10 Å². The van der Waals surface area contributed by atoms with Gasteiger partial charge in [0.2, 0.25) is 5.16 Å². The molecular weight excluding hydrogens is 444 g/mol. The van der Waals surface area contributed by atoms with Gasteiger partial charge in [0.1, 0.15) is 11.8 Å². The number of hydrogen-bond acceptors (Lipinski definition) is 8. The van der Waals surface area contributed by atoms with Crippen LogP contribution in [0.4, 0.5) is 0 Å². The number of benzene rings is 1. The summed E-state index contributed by atoms with van der Waals surface area (Å²) in [7, 11) is 0. The number of thioether (sulfide) groups is 1. The van der Waals surface area contributed by atoms with Gasteiger partial charge in [-0.3, -0.25) is 4.79 Å². The van der Waals surface area contributed by atoms with Crippen molar-refractivity contribution in [3.8, 4) is 0 Å². The molecule has 10 heteroatoms. The summed E-state index contributed by atoms with van der Waals surface area (Å²) >= 11 is 2.95. The van der Waals surface area contributed by atoms with E-state index in [2.05, 4.69) is 20.6 Å². The third-order valence-corrected chi connectivity index (χ3v) is 6.93. The molecule has 0 radical (unpaired) electrons.